The number of carbonyl (C=O) groups excluding carboxylic acids is 1. The van der Waals surface area contributed by atoms with Crippen LogP contribution >= 0.6 is 11.6 Å². The summed E-state index contributed by atoms with van der Waals surface area (Å²) in [7, 11) is 0. The Bertz CT molecular complexity index is 757. The molecule has 0 radical (unpaired) electrons. The third-order valence-electron chi connectivity index (χ3n) is 4.74. The maximum atomic E-state index is 12.8. The van der Waals surface area contributed by atoms with Crippen molar-refractivity contribution in [1.82, 2.24) is 19.6 Å². The second kappa shape index (κ2) is 7.80. The molecule has 26 heavy (non-hydrogen) atoms. The normalized spacial score (nSPS) is 16.1. The van der Waals surface area contributed by atoms with Crippen LogP contribution in [-0.4, -0.2) is 58.2 Å². The zero-order valence-electron chi connectivity index (χ0n) is 15.8. The number of rotatable bonds is 4. The Labute approximate surface area is 160 Å². The van der Waals surface area contributed by atoms with Crippen molar-refractivity contribution in [3.8, 4) is 5.69 Å². The van der Waals surface area contributed by atoms with Crippen molar-refractivity contribution >= 4 is 17.5 Å². The molecule has 140 valence electrons. The van der Waals surface area contributed by atoms with Gasteiger partial charge in [0.25, 0.3) is 5.91 Å². The number of benzene rings is 1. The van der Waals surface area contributed by atoms with E-state index in [2.05, 4.69) is 30.8 Å². The first-order valence-electron chi connectivity index (χ1n) is 9.14. The molecule has 0 N–H and O–H groups in total. The van der Waals surface area contributed by atoms with Gasteiger partial charge in [0.2, 0.25) is 0 Å². The van der Waals surface area contributed by atoms with Crippen LogP contribution in [0.25, 0.3) is 5.69 Å². The number of amides is 1. The van der Waals surface area contributed by atoms with Crippen molar-refractivity contribution in [2.75, 3.05) is 32.7 Å². The predicted octanol–water partition coefficient (Wildman–Crippen LogP) is 3.72. The Morgan fingerprint density at radius 2 is 1.92 bits per heavy atom. The van der Waals surface area contributed by atoms with Gasteiger partial charge in [-0.15, -0.1) is 0 Å². The molecule has 1 aromatic heterocycles. The fourth-order valence-corrected chi connectivity index (χ4v) is 3.23. The van der Waals surface area contributed by atoms with Gasteiger partial charge >= 0.3 is 0 Å². The largest absolute Gasteiger partial charge is 0.336 e. The number of aromatic nitrogens is 2. The van der Waals surface area contributed by atoms with Gasteiger partial charge in [-0.2, -0.15) is 5.10 Å². The van der Waals surface area contributed by atoms with Crippen molar-refractivity contribution in [1.29, 1.82) is 0 Å². The lowest BCUT2D eigenvalue weighted by Gasteiger charge is -2.35. The highest BCUT2D eigenvalue weighted by Crippen LogP contribution is 2.20. The fraction of sp³-hybridized carbons (Fsp3) is 0.500. The molecule has 6 heteroatoms. The van der Waals surface area contributed by atoms with Gasteiger partial charge in [-0.05, 0) is 36.6 Å². The molecule has 1 aliphatic rings. The van der Waals surface area contributed by atoms with Gasteiger partial charge in [0.05, 0.1) is 17.4 Å². The molecular formula is C20H27ClN4O. The van der Waals surface area contributed by atoms with Gasteiger partial charge in [-0.3, -0.25) is 9.69 Å². The topological polar surface area (TPSA) is 41.4 Å². The lowest BCUT2D eigenvalue weighted by atomic mass is 9.92. The van der Waals surface area contributed by atoms with Gasteiger partial charge < -0.3 is 4.90 Å². The molecule has 0 unspecified atom stereocenters. The molecule has 2 aromatic rings. The summed E-state index contributed by atoms with van der Waals surface area (Å²) in [5.41, 5.74) is 1.82. The van der Waals surface area contributed by atoms with Crippen LogP contribution in [0.2, 0.25) is 5.02 Å². The third kappa shape index (κ3) is 4.86. The Kier molecular flexibility index (Phi) is 5.68. The predicted molar refractivity (Wildman–Crippen MR) is 105 cm³/mol. The number of piperazine rings is 1. The molecule has 0 saturated carbocycles. The lowest BCUT2D eigenvalue weighted by molar-refractivity contribution is 0.0623. The van der Waals surface area contributed by atoms with Gasteiger partial charge in [0.1, 0.15) is 0 Å². The second-order valence-electron chi connectivity index (χ2n) is 8.10. The number of halogens is 1. The molecule has 3 rings (SSSR count). The van der Waals surface area contributed by atoms with E-state index >= 15 is 0 Å². The van der Waals surface area contributed by atoms with Crippen LogP contribution in [0, 0.1) is 5.41 Å². The summed E-state index contributed by atoms with van der Waals surface area (Å²) in [4.78, 5) is 17.1. The van der Waals surface area contributed by atoms with E-state index in [0.29, 0.717) is 16.0 Å². The Hall–Kier alpha value is -1.85. The smallest absolute Gasteiger partial charge is 0.257 e. The lowest BCUT2D eigenvalue weighted by Crippen LogP contribution is -2.49. The molecule has 1 aromatic carbocycles. The van der Waals surface area contributed by atoms with E-state index in [1.165, 1.54) is 6.42 Å². The number of hydrogen-bond donors (Lipinski definition) is 0. The maximum Gasteiger partial charge on any atom is 0.257 e. The first kappa shape index (κ1) is 18.9. The van der Waals surface area contributed by atoms with E-state index in [9.17, 15) is 4.79 Å². The van der Waals surface area contributed by atoms with Crippen molar-refractivity contribution in [2.45, 2.75) is 27.2 Å². The minimum Gasteiger partial charge on any atom is -0.336 e. The molecule has 0 spiro atoms. The second-order valence-corrected chi connectivity index (χ2v) is 8.53. The minimum absolute atomic E-state index is 0.0498. The van der Waals surface area contributed by atoms with E-state index in [0.717, 1.165) is 38.4 Å². The van der Waals surface area contributed by atoms with E-state index in [1.807, 2.05) is 29.2 Å². The highest BCUT2D eigenvalue weighted by Gasteiger charge is 2.24. The van der Waals surface area contributed by atoms with E-state index in [4.69, 9.17) is 11.6 Å². The van der Waals surface area contributed by atoms with Crippen molar-refractivity contribution < 1.29 is 4.79 Å². The van der Waals surface area contributed by atoms with Crippen molar-refractivity contribution in [3.63, 3.8) is 0 Å². The first-order valence-corrected chi connectivity index (χ1v) is 9.52. The van der Waals surface area contributed by atoms with Gasteiger partial charge in [0, 0.05) is 37.4 Å². The minimum atomic E-state index is 0.0498. The summed E-state index contributed by atoms with van der Waals surface area (Å²) in [6, 6.07) is 7.44. The van der Waals surface area contributed by atoms with Crippen LogP contribution in [0.15, 0.2) is 36.7 Å². The Balaban J connectivity index is 1.58. The van der Waals surface area contributed by atoms with E-state index in [-0.39, 0.29) is 5.91 Å². The first-order chi connectivity index (χ1) is 12.3. The highest BCUT2D eigenvalue weighted by atomic mass is 35.5. The number of carbonyl (C=O) groups is 1. The summed E-state index contributed by atoms with van der Waals surface area (Å²) in [5, 5.41) is 4.97. The molecule has 0 bridgehead atoms. The Morgan fingerprint density at radius 3 is 2.58 bits per heavy atom. The zero-order valence-corrected chi connectivity index (χ0v) is 16.5. The van der Waals surface area contributed by atoms with Gasteiger partial charge in [-0.25, -0.2) is 4.68 Å². The highest BCUT2D eigenvalue weighted by molar-refractivity contribution is 6.30. The molecular weight excluding hydrogens is 348 g/mol. The molecule has 0 aliphatic carbocycles. The van der Waals surface area contributed by atoms with Crippen LogP contribution in [0.1, 0.15) is 37.6 Å². The SMILES string of the molecule is CC(C)(C)CCN1CCN(C(=O)c2cnn(-c3cccc(Cl)c3)c2)CC1. The summed E-state index contributed by atoms with van der Waals surface area (Å²) < 4.78 is 1.69. The molecule has 1 fully saturated rings. The summed E-state index contributed by atoms with van der Waals surface area (Å²) >= 11 is 6.03. The maximum absolute atomic E-state index is 12.8. The van der Waals surface area contributed by atoms with Crippen molar-refractivity contribution in [3.05, 3.63) is 47.2 Å². The number of nitrogens with zero attached hydrogens (tertiary/aromatic N) is 4. The van der Waals surface area contributed by atoms with Crippen LogP contribution < -0.4 is 0 Å². The van der Waals surface area contributed by atoms with Crippen molar-refractivity contribution in [2.24, 2.45) is 5.41 Å². The standard InChI is InChI=1S/C20H27ClN4O/c1-20(2,3)7-8-23-9-11-24(12-10-23)19(26)16-14-22-25(15-16)18-6-4-5-17(21)13-18/h4-6,13-15H,7-12H2,1-3H3. The molecule has 1 aliphatic heterocycles. The van der Waals surface area contributed by atoms with E-state index < -0.39 is 0 Å². The summed E-state index contributed by atoms with van der Waals surface area (Å²) in [6.45, 7) is 11.3. The van der Waals surface area contributed by atoms with Crippen LogP contribution in [-0.2, 0) is 0 Å². The Morgan fingerprint density at radius 1 is 1.19 bits per heavy atom. The summed E-state index contributed by atoms with van der Waals surface area (Å²) in [5.74, 6) is 0.0498. The van der Waals surface area contributed by atoms with Crippen LogP contribution in [0.3, 0.4) is 0 Å². The average molecular weight is 375 g/mol. The molecule has 2 heterocycles. The zero-order chi connectivity index (χ0) is 18.7. The fourth-order valence-electron chi connectivity index (χ4n) is 3.04. The van der Waals surface area contributed by atoms with Gasteiger partial charge in [0.15, 0.2) is 0 Å². The average Bonchev–Trinajstić information content (AvgIpc) is 3.09. The number of hydrogen-bond acceptors (Lipinski definition) is 3. The molecule has 5 nitrogen and oxygen atoms in total. The molecule has 0 atom stereocenters. The third-order valence-corrected chi connectivity index (χ3v) is 4.97. The van der Waals surface area contributed by atoms with E-state index in [1.54, 1.807) is 17.1 Å². The molecule has 1 saturated heterocycles. The van der Waals surface area contributed by atoms with Crippen LogP contribution in [0.5, 0.6) is 0 Å². The summed E-state index contributed by atoms with van der Waals surface area (Å²) in [6.07, 6.45) is 4.59. The van der Waals surface area contributed by atoms with Crippen LogP contribution in [0.4, 0.5) is 0 Å². The quantitative estimate of drug-likeness (QED) is 0.819. The van der Waals surface area contributed by atoms with Gasteiger partial charge in [-0.1, -0.05) is 38.4 Å². The monoisotopic (exact) mass is 374 g/mol. The molecule has 1 amide bonds.